The molecular weight excluding hydrogens is 339 g/mol. The summed E-state index contributed by atoms with van der Waals surface area (Å²) in [6.45, 7) is 1.46. The Labute approximate surface area is 129 Å². The molecule has 2 aromatic rings. The van der Waals surface area contributed by atoms with Crippen LogP contribution in [0.5, 0.6) is 0 Å². The molecule has 2 amide bonds. The second-order valence-corrected chi connectivity index (χ2v) is 5.25. The SMILES string of the molecule is CC(=O)c1ccc(NC(=O)Nc2cc(Br)ccc2F)cc1. The molecule has 0 aromatic heterocycles. The molecule has 0 aliphatic carbocycles. The molecule has 108 valence electrons. The van der Waals surface area contributed by atoms with E-state index in [0.29, 0.717) is 15.7 Å². The van der Waals surface area contributed by atoms with Gasteiger partial charge in [0.05, 0.1) is 5.69 Å². The number of anilines is 2. The molecule has 0 spiro atoms. The molecule has 0 radical (unpaired) electrons. The molecule has 0 aliphatic heterocycles. The summed E-state index contributed by atoms with van der Waals surface area (Å²) in [5, 5.41) is 4.97. The van der Waals surface area contributed by atoms with E-state index in [1.165, 1.54) is 19.1 Å². The van der Waals surface area contributed by atoms with Crippen LogP contribution < -0.4 is 10.6 Å². The van der Waals surface area contributed by atoms with Crippen molar-refractivity contribution < 1.29 is 14.0 Å². The summed E-state index contributed by atoms with van der Waals surface area (Å²) >= 11 is 3.20. The Kier molecular flexibility index (Phi) is 4.70. The molecule has 0 heterocycles. The maximum atomic E-state index is 13.5. The van der Waals surface area contributed by atoms with E-state index in [9.17, 15) is 14.0 Å². The molecule has 0 saturated heterocycles. The molecule has 0 bridgehead atoms. The van der Waals surface area contributed by atoms with Gasteiger partial charge in [-0.2, -0.15) is 0 Å². The van der Waals surface area contributed by atoms with Gasteiger partial charge >= 0.3 is 6.03 Å². The molecule has 21 heavy (non-hydrogen) atoms. The molecule has 2 rings (SSSR count). The lowest BCUT2D eigenvalue weighted by Gasteiger charge is -2.09. The molecule has 0 fully saturated rings. The minimum Gasteiger partial charge on any atom is -0.308 e. The summed E-state index contributed by atoms with van der Waals surface area (Å²) in [7, 11) is 0. The van der Waals surface area contributed by atoms with Gasteiger partial charge in [0.15, 0.2) is 5.78 Å². The average molecular weight is 351 g/mol. The summed E-state index contributed by atoms with van der Waals surface area (Å²) in [4.78, 5) is 22.9. The van der Waals surface area contributed by atoms with Crippen molar-refractivity contribution in [3.63, 3.8) is 0 Å². The summed E-state index contributed by atoms with van der Waals surface area (Å²) in [6.07, 6.45) is 0. The number of urea groups is 1. The first-order valence-electron chi connectivity index (χ1n) is 6.10. The Bertz CT molecular complexity index is 687. The third-order valence-electron chi connectivity index (χ3n) is 2.73. The van der Waals surface area contributed by atoms with Gasteiger partial charge in [0, 0.05) is 15.7 Å². The van der Waals surface area contributed by atoms with Crippen LogP contribution in [0.25, 0.3) is 0 Å². The van der Waals surface area contributed by atoms with E-state index in [1.807, 2.05) is 0 Å². The number of amides is 2. The highest BCUT2D eigenvalue weighted by Crippen LogP contribution is 2.20. The number of halogens is 2. The van der Waals surface area contributed by atoms with Crippen molar-refractivity contribution in [1.82, 2.24) is 0 Å². The summed E-state index contributed by atoms with van der Waals surface area (Å²) in [5.74, 6) is -0.581. The third-order valence-corrected chi connectivity index (χ3v) is 3.22. The standard InChI is InChI=1S/C15H12BrFN2O2/c1-9(20)10-2-5-12(6-3-10)18-15(21)19-14-8-11(16)4-7-13(14)17/h2-8H,1H3,(H2,18,19,21). The number of rotatable bonds is 3. The van der Waals surface area contributed by atoms with Crippen molar-refractivity contribution in [2.75, 3.05) is 10.6 Å². The monoisotopic (exact) mass is 350 g/mol. The van der Waals surface area contributed by atoms with Gasteiger partial charge < -0.3 is 10.6 Å². The zero-order valence-electron chi connectivity index (χ0n) is 11.1. The predicted octanol–water partition coefficient (Wildman–Crippen LogP) is 4.43. The number of carbonyl (C=O) groups is 2. The number of hydrogen-bond donors (Lipinski definition) is 2. The normalized spacial score (nSPS) is 10.0. The van der Waals surface area contributed by atoms with Gasteiger partial charge in [-0.3, -0.25) is 4.79 Å². The maximum absolute atomic E-state index is 13.5. The zero-order chi connectivity index (χ0) is 15.4. The van der Waals surface area contributed by atoms with Gasteiger partial charge in [-0.25, -0.2) is 9.18 Å². The van der Waals surface area contributed by atoms with Crippen LogP contribution in [0, 0.1) is 5.82 Å². The first kappa shape index (κ1) is 15.2. The van der Waals surface area contributed by atoms with E-state index in [2.05, 4.69) is 26.6 Å². The van der Waals surface area contributed by atoms with Crippen LogP contribution in [0.2, 0.25) is 0 Å². The van der Waals surface area contributed by atoms with Crippen molar-refractivity contribution in [2.24, 2.45) is 0 Å². The van der Waals surface area contributed by atoms with Gasteiger partial charge in [0.25, 0.3) is 0 Å². The second-order valence-electron chi connectivity index (χ2n) is 4.34. The lowest BCUT2D eigenvalue weighted by Crippen LogP contribution is -2.20. The summed E-state index contributed by atoms with van der Waals surface area (Å²) in [5.41, 5.74) is 1.13. The van der Waals surface area contributed by atoms with E-state index >= 15 is 0 Å². The van der Waals surface area contributed by atoms with Crippen LogP contribution in [0.3, 0.4) is 0 Å². The Morgan fingerprint density at radius 1 is 1.05 bits per heavy atom. The zero-order valence-corrected chi connectivity index (χ0v) is 12.7. The first-order chi connectivity index (χ1) is 9.95. The molecule has 0 saturated carbocycles. The Morgan fingerprint density at radius 3 is 2.33 bits per heavy atom. The Hall–Kier alpha value is -2.21. The van der Waals surface area contributed by atoms with E-state index in [0.717, 1.165) is 0 Å². The minimum absolute atomic E-state index is 0.0535. The number of ketones is 1. The fourth-order valence-electron chi connectivity index (χ4n) is 1.67. The van der Waals surface area contributed by atoms with Gasteiger partial charge in [-0.05, 0) is 49.4 Å². The van der Waals surface area contributed by atoms with Crippen molar-refractivity contribution in [3.8, 4) is 0 Å². The second kappa shape index (κ2) is 6.49. The van der Waals surface area contributed by atoms with Crippen LogP contribution in [0.4, 0.5) is 20.6 Å². The van der Waals surface area contributed by atoms with Crippen LogP contribution in [0.15, 0.2) is 46.9 Å². The fraction of sp³-hybridized carbons (Fsp3) is 0.0667. The van der Waals surface area contributed by atoms with Gasteiger partial charge in [-0.1, -0.05) is 15.9 Å². The van der Waals surface area contributed by atoms with Crippen LogP contribution in [0.1, 0.15) is 17.3 Å². The average Bonchev–Trinajstić information content (AvgIpc) is 2.43. The van der Waals surface area contributed by atoms with E-state index in [-0.39, 0.29) is 11.5 Å². The molecular formula is C15H12BrFN2O2. The fourth-order valence-corrected chi connectivity index (χ4v) is 2.03. The molecule has 0 unspecified atom stereocenters. The quantitative estimate of drug-likeness (QED) is 0.804. The topological polar surface area (TPSA) is 58.2 Å². The minimum atomic E-state index is -0.567. The molecule has 6 heteroatoms. The Morgan fingerprint density at radius 2 is 1.71 bits per heavy atom. The first-order valence-corrected chi connectivity index (χ1v) is 6.89. The molecule has 2 N–H and O–H groups in total. The van der Waals surface area contributed by atoms with Crippen molar-refractivity contribution in [3.05, 3.63) is 58.3 Å². The molecule has 2 aromatic carbocycles. The maximum Gasteiger partial charge on any atom is 0.323 e. The number of hydrogen-bond acceptors (Lipinski definition) is 2. The number of Topliss-reactive ketones (excluding diaryl/α,β-unsaturated/α-hetero) is 1. The Balaban J connectivity index is 2.04. The molecule has 0 atom stereocenters. The molecule has 4 nitrogen and oxygen atoms in total. The lowest BCUT2D eigenvalue weighted by molar-refractivity contribution is 0.101. The summed E-state index contributed by atoms with van der Waals surface area (Å²) < 4.78 is 14.2. The highest BCUT2D eigenvalue weighted by Gasteiger charge is 2.08. The number of nitrogens with one attached hydrogen (secondary N) is 2. The number of benzene rings is 2. The van der Waals surface area contributed by atoms with Gasteiger partial charge in [0.1, 0.15) is 5.82 Å². The highest BCUT2D eigenvalue weighted by molar-refractivity contribution is 9.10. The largest absolute Gasteiger partial charge is 0.323 e. The predicted molar refractivity (Wildman–Crippen MR) is 83.2 cm³/mol. The van der Waals surface area contributed by atoms with Gasteiger partial charge in [-0.15, -0.1) is 0 Å². The van der Waals surface area contributed by atoms with E-state index in [4.69, 9.17) is 0 Å². The van der Waals surface area contributed by atoms with Crippen molar-refractivity contribution in [2.45, 2.75) is 6.92 Å². The number of carbonyl (C=O) groups excluding carboxylic acids is 2. The van der Waals surface area contributed by atoms with E-state index < -0.39 is 11.8 Å². The summed E-state index contributed by atoms with van der Waals surface area (Å²) in [6, 6.07) is 10.1. The third kappa shape index (κ3) is 4.13. The lowest BCUT2D eigenvalue weighted by atomic mass is 10.1. The smallest absolute Gasteiger partial charge is 0.308 e. The van der Waals surface area contributed by atoms with Crippen LogP contribution in [-0.4, -0.2) is 11.8 Å². The van der Waals surface area contributed by atoms with Crippen molar-refractivity contribution in [1.29, 1.82) is 0 Å². The van der Waals surface area contributed by atoms with Gasteiger partial charge in [0.2, 0.25) is 0 Å². The van der Waals surface area contributed by atoms with Crippen molar-refractivity contribution >= 4 is 39.1 Å². The molecule has 0 aliphatic rings. The van der Waals surface area contributed by atoms with Crippen LogP contribution >= 0.6 is 15.9 Å². The van der Waals surface area contributed by atoms with Crippen LogP contribution in [-0.2, 0) is 0 Å². The highest BCUT2D eigenvalue weighted by atomic mass is 79.9. The van der Waals surface area contributed by atoms with E-state index in [1.54, 1.807) is 30.3 Å².